The first-order valence-electron chi connectivity index (χ1n) is 8.73. The number of aromatic nitrogens is 2. The fraction of sp³-hybridized carbons (Fsp3) is 0.529. The molecule has 1 saturated heterocycles. The fourth-order valence-corrected chi connectivity index (χ4v) is 4.64. The second-order valence-electron chi connectivity index (χ2n) is 6.23. The lowest BCUT2D eigenvalue weighted by atomic mass is 10.2. The molecule has 0 aliphatic carbocycles. The van der Waals surface area contributed by atoms with Gasteiger partial charge in [-0.2, -0.15) is 4.31 Å². The number of fused-ring (bicyclic) bond motifs is 1. The summed E-state index contributed by atoms with van der Waals surface area (Å²) in [6.45, 7) is 4.80. The number of amides is 1. The van der Waals surface area contributed by atoms with Gasteiger partial charge >= 0.3 is 0 Å². The van der Waals surface area contributed by atoms with Gasteiger partial charge < -0.3 is 4.57 Å². The number of anilines is 1. The number of nitrogens with zero attached hydrogens (tertiary/aromatic N) is 3. The number of hydrogen-bond acceptors (Lipinski definition) is 4. The van der Waals surface area contributed by atoms with Crippen molar-refractivity contribution in [1.29, 1.82) is 0 Å². The normalized spacial score (nSPS) is 18.7. The maximum absolute atomic E-state index is 12.8. The van der Waals surface area contributed by atoms with E-state index in [2.05, 4.69) is 17.2 Å². The van der Waals surface area contributed by atoms with Crippen molar-refractivity contribution in [3.8, 4) is 0 Å². The van der Waals surface area contributed by atoms with Crippen LogP contribution in [0.2, 0.25) is 0 Å². The zero-order valence-electron chi connectivity index (χ0n) is 14.6. The van der Waals surface area contributed by atoms with Crippen molar-refractivity contribution in [2.24, 2.45) is 0 Å². The van der Waals surface area contributed by atoms with E-state index in [0.717, 1.165) is 24.0 Å². The topological polar surface area (TPSA) is 84.3 Å². The number of nitrogens with one attached hydrogen (secondary N) is 1. The maximum Gasteiger partial charge on any atom is 0.245 e. The number of aryl methyl sites for hydroxylation is 1. The number of rotatable bonds is 6. The van der Waals surface area contributed by atoms with E-state index in [1.807, 2.05) is 28.8 Å². The number of benzene rings is 1. The lowest BCUT2D eigenvalue weighted by molar-refractivity contribution is -0.119. The Labute approximate surface area is 148 Å². The molecule has 0 saturated carbocycles. The van der Waals surface area contributed by atoms with Crippen LogP contribution in [0.4, 0.5) is 5.95 Å². The fourth-order valence-electron chi connectivity index (χ4n) is 3.32. The molecule has 3 rings (SSSR count). The van der Waals surface area contributed by atoms with Gasteiger partial charge in [-0.15, -0.1) is 0 Å². The van der Waals surface area contributed by atoms with E-state index in [9.17, 15) is 13.2 Å². The summed E-state index contributed by atoms with van der Waals surface area (Å²) >= 11 is 0. The predicted octanol–water partition coefficient (Wildman–Crippen LogP) is 2.20. The smallest absolute Gasteiger partial charge is 0.245 e. The Kier molecular flexibility index (Phi) is 5.10. The Balaban J connectivity index is 1.88. The molecular weight excluding hydrogens is 340 g/mol. The molecule has 2 aromatic rings. The third kappa shape index (κ3) is 3.41. The van der Waals surface area contributed by atoms with E-state index in [0.29, 0.717) is 25.3 Å². The number of para-hydroxylation sites is 2. The summed E-state index contributed by atoms with van der Waals surface area (Å²) in [5.74, 6) is 0.182. The van der Waals surface area contributed by atoms with Crippen LogP contribution in [-0.2, 0) is 21.4 Å². The van der Waals surface area contributed by atoms with Crippen LogP contribution in [0.15, 0.2) is 24.3 Å². The average Bonchev–Trinajstić information content (AvgIpc) is 3.21. The van der Waals surface area contributed by atoms with Crippen LogP contribution in [0.3, 0.4) is 0 Å². The zero-order chi connectivity index (χ0) is 18.0. The largest absolute Gasteiger partial charge is 0.310 e. The molecule has 1 amide bonds. The molecule has 1 aromatic heterocycles. The van der Waals surface area contributed by atoms with Gasteiger partial charge in [0.05, 0.1) is 16.8 Å². The first kappa shape index (κ1) is 17.9. The number of hydrogen-bond donors (Lipinski definition) is 1. The summed E-state index contributed by atoms with van der Waals surface area (Å²) in [6, 6.07) is 7.07. The molecule has 0 radical (unpaired) electrons. The number of carbonyl (C=O) groups is 1. The van der Waals surface area contributed by atoms with Gasteiger partial charge in [0, 0.05) is 13.1 Å². The van der Waals surface area contributed by atoms with Crippen molar-refractivity contribution in [2.45, 2.75) is 45.7 Å². The molecule has 1 fully saturated rings. The minimum atomic E-state index is -3.38. The number of carbonyl (C=O) groups excluding carboxylic acids is 1. The van der Waals surface area contributed by atoms with Crippen LogP contribution >= 0.6 is 0 Å². The molecule has 1 aliphatic heterocycles. The van der Waals surface area contributed by atoms with Crippen molar-refractivity contribution in [3.63, 3.8) is 0 Å². The van der Waals surface area contributed by atoms with Crippen molar-refractivity contribution in [2.75, 3.05) is 17.6 Å². The molecule has 7 nitrogen and oxygen atoms in total. The highest BCUT2D eigenvalue weighted by Crippen LogP contribution is 2.24. The average molecular weight is 364 g/mol. The van der Waals surface area contributed by atoms with Crippen LogP contribution in [0.25, 0.3) is 11.0 Å². The van der Waals surface area contributed by atoms with Crippen LogP contribution < -0.4 is 5.32 Å². The molecule has 1 aromatic carbocycles. The predicted molar refractivity (Wildman–Crippen MR) is 97.8 cm³/mol. The summed E-state index contributed by atoms with van der Waals surface area (Å²) in [4.78, 5) is 17.3. The minimum absolute atomic E-state index is 0.00509. The van der Waals surface area contributed by atoms with Gasteiger partial charge in [-0.25, -0.2) is 13.4 Å². The monoisotopic (exact) mass is 364 g/mol. The van der Waals surface area contributed by atoms with Gasteiger partial charge in [0.2, 0.25) is 21.9 Å². The molecule has 0 bridgehead atoms. The Morgan fingerprint density at radius 2 is 2.08 bits per heavy atom. The van der Waals surface area contributed by atoms with E-state index in [1.54, 1.807) is 6.92 Å². The molecule has 25 heavy (non-hydrogen) atoms. The van der Waals surface area contributed by atoms with E-state index in [4.69, 9.17) is 0 Å². The summed E-state index contributed by atoms with van der Waals surface area (Å²) < 4.78 is 27.7. The number of imidazole rings is 1. The van der Waals surface area contributed by atoms with E-state index in [-0.39, 0.29) is 11.7 Å². The van der Waals surface area contributed by atoms with Crippen molar-refractivity contribution in [1.82, 2.24) is 13.9 Å². The third-order valence-electron chi connectivity index (χ3n) is 4.57. The Bertz CT molecular complexity index is 875. The summed E-state index contributed by atoms with van der Waals surface area (Å²) in [5.41, 5.74) is 1.78. The van der Waals surface area contributed by atoms with Crippen LogP contribution in [0.5, 0.6) is 0 Å². The van der Waals surface area contributed by atoms with Gasteiger partial charge in [0.1, 0.15) is 6.04 Å². The lowest BCUT2D eigenvalue weighted by Gasteiger charge is -2.22. The maximum atomic E-state index is 12.8. The Morgan fingerprint density at radius 1 is 1.32 bits per heavy atom. The Morgan fingerprint density at radius 3 is 2.80 bits per heavy atom. The van der Waals surface area contributed by atoms with Crippen molar-refractivity contribution >= 4 is 32.9 Å². The third-order valence-corrected chi connectivity index (χ3v) is 6.45. The SMILES string of the molecule is CCCn1c(NC(=O)C2CCCN2S(=O)(=O)CC)nc2ccccc21. The van der Waals surface area contributed by atoms with E-state index < -0.39 is 16.1 Å². The second-order valence-corrected chi connectivity index (χ2v) is 8.44. The number of sulfonamides is 1. The lowest BCUT2D eigenvalue weighted by Crippen LogP contribution is -2.44. The van der Waals surface area contributed by atoms with Crippen LogP contribution in [0.1, 0.15) is 33.1 Å². The van der Waals surface area contributed by atoms with Crippen molar-refractivity contribution < 1.29 is 13.2 Å². The Hall–Kier alpha value is -1.93. The van der Waals surface area contributed by atoms with Gasteiger partial charge in [0.15, 0.2) is 0 Å². The highest BCUT2D eigenvalue weighted by molar-refractivity contribution is 7.89. The van der Waals surface area contributed by atoms with E-state index >= 15 is 0 Å². The van der Waals surface area contributed by atoms with Gasteiger partial charge in [-0.3, -0.25) is 10.1 Å². The van der Waals surface area contributed by atoms with Crippen LogP contribution in [-0.4, -0.2) is 46.5 Å². The summed E-state index contributed by atoms with van der Waals surface area (Å²) in [7, 11) is -3.38. The second kappa shape index (κ2) is 7.13. The van der Waals surface area contributed by atoms with Crippen LogP contribution in [0, 0.1) is 0 Å². The molecule has 2 heterocycles. The standard InChI is InChI=1S/C17H24N4O3S/c1-3-11-20-14-9-6-5-8-13(14)18-17(20)19-16(22)15-10-7-12-21(15)25(23,24)4-2/h5-6,8-9,15H,3-4,7,10-12H2,1-2H3,(H,18,19,22). The highest BCUT2D eigenvalue weighted by Gasteiger charge is 2.38. The minimum Gasteiger partial charge on any atom is -0.310 e. The molecule has 1 atom stereocenters. The molecule has 1 unspecified atom stereocenters. The van der Waals surface area contributed by atoms with Gasteiger partial charge in [-0.1, -0.05) is 19.1 Å². The molecule has 8 heteroatoms. The van der Waals surface area contributed by atoms with E-state index in [1.165, 1.54) is 4.31 Å². The molecular formula is C17H24N4O3S. The molecule has 0 spiro atoms. The highest BCUT2D eigenvalue weighted by atomic mass is 32.2. The quantitative estimate of drug-likeness (QED) is 0.852. The first-order chi connectivity index (χ1) is 12.0. The van der Waals surface area contributed by atoms with Crippen molar-refractivity contribution in [3.05, 3.63) is 24.3 Å². The molecule has 1 N–H and O–H groups in total. The first-order valence-corrected chi connectivity index (χ1v) is 10.3. The summed E-state index contributed by atoms with van der Waals surface area (Å²) in [5, 5.41) is 2.86. The van der Waals surface area contributed by atoms with Gasteiger partial charge in [0.25, 0.3) is 0 Å². The zero-order valence-corrected chi connectivity index (χ0v) is 15.4. The van der Waals surface area contributed by atoms with Gasteiger partial charge in [-0.05, 0) is 38.3 Å². The molecule has 136 valence electrons. The summed E-state index contributed by atoms with van der Waals surface area (Å²) in [6.07, 6.45) is 2.14. The molecule has 1 aliphatic rings.